The van der Waals surface area contributed by atoms with Crippen LogP contribution in [0.5, 0.6) is 0 Å². The summed E-state index contributed by atoms with van der Waals surface area (Å²) < 4.78 is 0. The second-order valence-corrected chi connectivity index (χ2v) is 7.45. The van der Waals surface area contributed by atoms with Gasteiger partial charge in [0.05, 0.1) is 0 Å². The summed E-state index contributed by atoms with van der Waals surface area (Å²) in [7, 11) is 0. The Morgan fingerprint density at radius 1 is 1.17 bits per heavy atom. The van der Waals surface area contributed by atoms with Gasteiger partial charge in [-0.05, 0) is 17.9 Å². The molecule has 0 unspecified atom stereocenters. The average Bonchev–Trinajstić information content (AvgIpc) is 3.14. The fourth-order valence-electron chi connectivity index (χ4n) is 3.50. The zero-order valence-corrected chi connectivity index (χ0v) is 14.3. The Bertz CT molecular complexity index is 552. The molecule has 2 N–H and O–H groups in total. The van der Waals surface area contributed by atoms with Crippen molar-refractivity contribution >= 4 is 11.3 Å². The first-order valence-corrected chi connectivity index (χ1v) is 9.55. The van der Waals surface area contributed by atoms with Crippen molar-refractivity contribution in [1.82, 2.24) is 10.3 Å². The third-order valence-corrected chi connectivity index (χ3v) is 5.65. The molecule has 23 heavy (non-hydrogen) atoms. The molecule has 0 saturated heterocycles. The van der Waals surface area contributed by atoms with Crippen molar-refractivity contribution in [2.24, 2.45) is 5.92 Å². The molecule has 0 radical (unpaired) electrons. The van der Waals surface area contributed by atoms with Gasteiger partial charge >= 0.3 is 0 Å². The molecule has 1 aromatic carbocycles. The van der Waals surface area contributed by atoms with Crippen molar-refractivity contribution in [3.05, 3.63) is 52.5 Å². The van der Waals surface area contributed by atoms with Gasteiger partial charge in [-0.1, -0.05) is 62.4 Å². The summed E-state index contributed by atoms with van der Waals surface area (Å²) in [6.07, 6.45) is 8.94. The van der Waals surface area contributed by atoms with E-state index in [9.17, 15) is 5.11 Å². The zero-order chi connectivity index (χ0) is 15.9. The summed E-state index contributed by atoms with van der Waals surface area (Å²) >= 11 is 1.54. The van der Waals surface area contributed by atoms with Crippen LogP contribution in [-0.2, 0) is 6.54 Å². The van der Waals surface area contributed by atoms with E-state index < -0.39 is 6.10 Å². The smallest absolute Gasteiger partial charge is 0.123 e. The third-order valence-electron chi connectivity index (χ3n) is 4.81. The highest BCUT2D eigenvalue weighted by Gasteiger charge is 2.26. The summed E-state index contributed by atoms with van der Waals surface area (Å²) in [6, 6.07) is 10.5. The van der Waals surface area contributed by atoms with Crippen LogP contribution < -0.4 is 5.32 Å². The summed E-state index contributed by atoms with van der Waals surface area (Å²) in [4.78, 5) is 4.31. The lowest BCUT2D eigenvalue weighted by Gasteiger charge is -2.29. The molecular formula is C19H26N2OS. The number of rotatable bonds is 7. The molecule has 1 fully saturated rings. The van der Waals surface area contributed by atoms with Crippen molar-refractivity contribution in [2.75, 3.05) is 0 Å². The van der Waals surface area contributed by atoms with E-state index in [0.717, 1.165) is 23.9 Å². The lowest BCUT2D eigenvalue weighted by Crippen LogP contribution is -2.36. The van der Waals surface area contributed by atoms with Crippen molar-refractivity contribution in [3.63, 3.8) is 0 Å². The van der Waals surface area contributed by atoms with Crippen LogP contribution in [-0.4, -0.2) is 16.1 Å². The molecule has 0 bridgehead atoms. The minimum atomic E-state index is -0.513. The van der Waals surface area contributed by atoms with E-state index >= 15 is 0 Å². The Labute approximate surface area is 142 Å². The minimum absolute atomic E-state index is 0.0736. The van der Waals surface area contributed by atoms with Gasteiger partial charge in [0.15, 0.2) is 0 Å². The monoisotopic (exact) mass is 330 g/mol. The second-order valence-electron chi connectivity index (χ2n) is 6.53. The normalized spacial score (nSPS) is 18.7. The molecule has 1 heterocycles. The van der Waals surface area contributed by atoms with Crippen molar-refractivity contribution in [1.29, 1.82) is 0 Å². The zero-order valence-electron chi connectivity index (χ0n) is 13.5. The van der Waals surface area contributed by atoms with Crippen molar-refractivity contribution < 1.29 is 5.11 Å². The number of aliphatic hydroxyl groups excluding tert-OH is 1. The van der Waals surface area contributed by atoms with E-state index in [1.165, 1.54) is 37.7 Å². The molecule has 2 atom stereocenters. The maximum Gasteiger partial charge on any atom is 0.123 e. The predicted molar refractivity (Wildman–Crippen MR) is 95.3 cm³/mol. The number of aromatic nitrogens is 1. The van der Waals surface area contributed by atoms with Crippen LogP contribution in [0.15, 0.2) is 41.9 Å². The van der Waals surface area contributed by atoms with Gasteiger partial charge in [0, 0.05) is 24.2 Å². The van der Waals surface area contributed by atoms with E-state index in [-0.39, 0.29) is 6.04 Å². The molecule has 3 rings (SSSR count). The molecule has 0 aliphatic heterocycles. The maximum absolute atomic E-state index is 10.8. The predicted octanol–water partition coefficient (Wildman–Crippen LogP) is 4.31. The van der Waals surface area contributed by atoms with Crippen molar-refractivity contribution in [3.8, 4) is 0 Å². The SMILES string of the molecule is O[C@H](c1nccs1)[C@H](CC1CCCCC1)NCc1ccccc1. The van der Waals surface area contributed by atoms with Crippen LogP contribution >= 0.6 is 11.3 Å². The van der Waals surface area contributed by atoms with Gasteiger partial charge in [0.1, 0.15) is 11.1 Å². The molecule has 0 spiro atoms. The Morgan fingerprint density at radius 2 is 1.96 bits per heavy atom. The quantitative estimate of drug-likeness (QED) is 0.795. The number of hydrogen-bond donors (Lipinski definition) is 2. The summed E-state index contributed by atoms with van der Waals surface area (Å²) in [5, 5.41) is 17.1. The Balaban J connectivity index is 1.64. The largest absolute Gasteiger partial charge is 0.384 e. The topological polar surface area (TPSA) is 45.2 Å². The molecule has 1 aliphatic rings. The second kappa shape index (κ2) is 8.57. The van der Waals surface area contributed by atoms with Gasteiger partial charge in [-0.3, -0.25) is 0 Å². The van der Waals surface area contributed by atoms with Crippen LogP contribution in [0.3, 0.4) is 0 Å². The van der Waals surface area contributed by atoms with E-state index in [1.54, 1.807) is 17.5 Å². The first-order valence-electron chi connectivity index (χ1n) is 8.67. The third kappa shape index (κ3) is 4.87. The van der Waals surface area contributed by atoms with E-state index in [4.69, 9.17) is 0 Å². The summed E-state index contributed by atoms with van der Waals surface area (Å²) in [6.45, 7) is 0.792. The van der Waals surface area contributed by atoms with Crippen LogP contribution in [0.25, 0.3) is 0 Å². The van der Waals surface area contributed by atoms with Gasteiger partial charge < -0.3 is 10.4 Å². The molecule has 124 valence electrons. The fourth-order valence-corrected chi connectivity index (χ4v) is 4.19. The highest BCUT2D eigenvalue weighted by Crippen LogP contribution is 2.31. The first kappa shape index (κ1) is 16.6. The van der Waals surface area contributed by atoms with Crippen LogP contribution in [0.2, 0.25) is 0 Å². The first-order chi connectivity index (χ1) is 11.3. The van der Waals surface area contributed by atoms with Gasteiger partial charge in [-0.2, -0.15) is 0 Å². The molecule has 4 heteroatoms. The molecule has 3 nitrogen and oxygen atoms in total. The van der Waals surface area contributed by atoms with E-state index in [0.29, 0.717) is 0 Å². The number of nitrogens with one attached hydrogen (secondary N) is 1. The number of aliphatic hydroxyl groups is 1. The standard InChI is InChI=1S/C19H26N2OS/c22-18(19-20-11-12-23-19)17(13-15-7-3-1-4-8-15)21-14-16-9-5-2-6-10-16/h2,5-6,9-12,15,17-18,21-22H,1,3-4,7-8,13-14H2/t17-,18-/m0/s1. The molecule has 1 saturated carbocycles. The molecule has 2 aromatic rings. The van der Waals surface area contributed by atoms with Gasteiger partial charge in [-0.15, -0.1) is 11.3 Å². The maximum atomic E-state index is 10.8. The highest BCUT2D eigenvalue weighted by atomic mass is 32.1. The molecule has 1 aromatic heterocycles. The van der Waals surface area contributed by atoms with Crippen LogP contribution in [0.4, 0.5) is 0 Å². The van der Waals surface area contributed by atoms with Crippen LogP contribution in [0, 0.1) is 5.92 Å². The lowest BCUT2D eigenvalue weighted by atomic mass is 9.83. The van der Waals surface area contributed by atoms with Gasteiger partial charge in [0.2, 0.25) is 0 Å². The Hall–Kier alpha value is -1.23. The van der Waals surface area contributed by atoms with E-state index in [2.05, 4.69) is 34.6 Å². The Kier molecular flexibility index (Phi) is 6.20. The molecule has 0 amide bonds. The summed E-state index contributed by atoms with van der Waals surface area (Å²) in [5.74, 6) is 0.728. The van der Waals surface area contributed by atoms with Crippen molar-refractivity contribution in [2.45, 2.75) is 57.2 Å². The number of benzene rings is 1. The number of nitrogens with zero attached hydrogens (tertiary/aromatic N) is 1. The Morgan fingerprint density at radius 3 is 2.65 bits per heavy atom. The average molecular weight is 330 g/mol. The van der Waals surface area contributed by atoms with Crippen LogP contribution in [0.1, 0.15) is 55.2 Å². The highest BCUT2D eigenvalue weighted by molar-refractivity contribution is 7.09. The number of hydrogen-bond acceptors (Lipinski definition) is 4. The molecule has 1 aliphatic carbocycles. The van der Waals surface area contributed by atoms with Gasteiger partial charge in [-0.25, -0.2) is 4.98 Å². The van der Waals surface area contributed by atoms with Gasteiger partial charge in [0.25, 0.3) is 0 Å². The fraction of sp³-hybridized carbons (Fsp3) is 0.526. The summed E-state index contributed by atoms with van der Waals surface area (Å²) in [5.41, 5.74) is 1.26. The molecular weight excluding hydrogens is 304 g/mol. The minimum Gasteiger partial charge on any atom is -0.384 e. The lowest BCUT2D eigenvalue weighted by molar-refractivity contribution is 0.107. The van der Waals surface area contributed by atoms with E-state index in [1.807, 2.05) is 11.4 Å². The number of thiazole rings is 1.